The van der Waals surface area contributed by atoms with Crippen LogP contribution in [-0.2, 0) is 0 Å². The van der Waals surface area contributed by atoms with Crippen LogP contribution in [-0.4, -0.2) is 6.04 Å². The first-order valence-electron chi connectivity index (χ1n) is 17.5. The molecule has 2 atom stereocenters. The van der Waals surface area contributed by atoms with Gasteiger partial charge in [0.2, 0.25) is 0 Å². The smallest absolute Gasteiger partial charge is 0.0702 e. The summed E-state index contributed by atoms with van der Waals surface area (Å²) in [5.41, 5.74) is 14.4. The molecule has 7 aromatic rings. The first-order chi connectivity index (χ1) is 25.2. The minimum atomic E-state index is 0.231. The summed E-state index contributed by atoms with van der Waals surface area (Å²) < 4.78 is 2.65. The second-order valence-electron chi connectivity index (χ2n) is 13.5. The van der Waals surface area contributed by atoms with Crippen molar-refractivity contribution in [3.8, 4) is 22.3 Å². The van der Waals surface area contributed by atoms with Gasteiger partial charge in [-0.05, 0) is 100 Å². The highest BCUT2D eigenvalue weighted by molar-refractivity contribution is 7.25. The Morgan fingerprint density at radius 1 is 0.627 bits per heavy atom. The van der Waals surface area contributed by atoms with Crippen molar-refractivity contribution in [3.05, 3.63) is 200 Å². The number of nitrogens with zero attached hydrogens (tertiary/aromatic N) is 2. The van der Waals surface area contributed by atoms with Crippen molar-refractivity contribution in [2.75, 3.05) is 9.80 Å². The largest absolute Gasteiger partial charge is 0.332 e. The first-order valence-corrected chi connectivity index (χ1v) is 18.3. The van der Waals surface area contributed by atoms with Crippen LogP contribution in [0.3, 0.4) is 0 Å². The lowest BCUT2D eigenvalue weighted by atomic mass is 9.85. The van der Waals surface area contributed by atoms with Crippen molar-refractivity contribution in [1.82, 2.24) is 0 Å². The van der Waals surface area contributed by atoms with E-state index in [-0.39, 0.29) is 12.0 Å². The molecule has 51 heavy (non-hydrogen) atoms. The normalized spacial score (nSPS) is 18.0. The summed E-state index contributed by atoms with van der Waals surface area (Å²) in [6, 6.07) is 51.3. The maximum absolute atomic E-state index is 4.49. The van der Waals surface area contributed by atoms with Crippen molar-refractivity contribution < 1.29 is 0 Å². The molecule has 242 valence electrons. The van der Waals surface area contributed by atoms with Crippen LogP contribution in [0.1, 0.15) is 5.56 Å². The van der Waals surface area contributed by atoms with Crippen molar-refractivity contribution in [3.63, 3.8) is 0 Å². The standard InChI is InChI=1S/C48H34N2S/c1-3-10-44-31(2)39-14-9-15-41-42-30-38(26-27-45(42)50(44)48(39)41)49(36-22-17-33(18-23-36)32-11-5-4-6-12-32)37-24-19-34(20-25-37)35-21-28-47-43(29-35)40-13-7-8-16-46(40)51-47/h3-30,39,48H,1-2H2/b44-10+. The molecule has 10 rings (SSSR count). The lowest BCUT2D eigenvalue weighted by Gasteiger charge is -2.27. The molecule has 2 aliphatic heterocycles. The molecular weight excluding hydrogens is 637 g/mol. The Hall–Kier alpha value is -6.16. The maximum atomic E-state index is 4.49. The monoisotopic (exact) mass is 670 g/mol. The van der Waals surface area contributed by atoms with Crippen LogP contribution in [0.5, 0.6) is 0 Å². The van der Waals surface area contributed by atoms with Gasteiger partial charge in [-0.25, -0.2) is 0 Å². The third-order valence-electron chi connectivity index (χ3n) is 10.7. The third kappa shape index (κ3) is 4.70. The van der Waals surface area contributed by atoms with Crippen LogP contribution in [0.4, 0.5) is 22.7 Å². The van der Waals surface area contributed by atoms with Gasteiger partial charge in [-0.1, -0.05) is 116 Å². The number of anilines is 4. The number of thiophene rings is 1. The highest BCUT2D eigenvalue weighted by Gasteiger charge is 2.48. The lowest BCUT2D eigenvalue weighted by Crippen LogP contribution is -2.27. The number of allylic oxidation sites excluding steroid dienone is 5. The van der Waals surface area contributed by atoms with E-state index in [1.54, 1.807) is 0 Å². The highest BCUT2D eigenvalue weighted by atomic mass is 32.1. The average Bonchev–Trinajstić information content (AvgIpc) is 3.82. The second-order valence-corrected chi connectivity index (χ2v) is 14.5. The fourth-order valence-corrected chi connectivity index (χ4v) is 9.37. The van der Waals surface area contributed by atoms with Crippen LogP contribution in [0, 0.1) is 5.92 Å². The molecule has 0 N–H and O–H groups in total. The molecule has 1 fully saturated rings. The van der Waals surface area contributed by atoms with Crippen molar-refractivity contribution in [1.29, 1.82) is 0 Å². The highest BCUT2D eigenvalue weighted by Crippen LogP contribution is 2.56. The van der Waals surface area contributed by atoms with Gasteiger partial charge in [-0.15, -0.1) is 11.3 Å². The quantitative estimate of drug-likeness (QED) is 0.174. The molecule has 1 aliphatic carbocycles. The Kier molecular flexibility index (Phi) is 6.83. The lowest BCUT2D eigenvalue weighted by molar-refractivity contribution is 0.737. The van der Waals surface area contributed by atoms with E-state index in [2.05, 4.69) is 187 Å². The Labute approximate surface area is 302 Å². The molecule has 6 aromatic carbocycles. The Bertz CT molecular complexity index is 2620. The zero-order chi connectivity index (χ0) is 34.1. The third-order valence-corrected chi connectivity index (χ3v) is 11.8. The first kappa shape index (κ1) is 29.7. The fraction of sp³-hybridized carbons (Fsp3) is 0.0417. The number of hydrogen-bond donors (Lipinski definition) is 0. The molecule has 2 unspecified atom stereocenters. The molecule has 1 saturated heterocycles. The van der Waals surface area contributed by atoms with Gasteiger partial charge in [0.1, 0.15) is 0 Å². The molecule has 0 saturated carbocycles. The molecule has 2 nitrogen and oxygen atoms in total. The number of benzene rings is 6. The van der Waals surface area contributed by atoms with E-state index < -0.39 is 0 Å². The van der Waals surface area contributed by atoms with Crippen molar-refractivity contribution >= 4 is 59.8 Å². The van der Waals surface area contributed by atoms with Crippen LogP contribution >= 0.6 is 11.3 Å². The van der Waals surface area contributed by atoms with Gasteiger partial charge in [0.05, 0.1) is 6.04 Å². The molecule has 3 aliphatic rings. The van der Waals surface area contributed by atoms with E-state index in [0.29, 0.717) is 0 Å². The van der Waals surface area contributed by atoms with Gasteiger partial charge in [-0.3, -0.25) is 0 Å². The van der Waals surface area contributed by atoms with Gasteiger partial charge in [0, 0.05) is 60.1 Å². The van der Waals surface area contributed by atoms with Gasteiger partial charge in [-0.2, -0.15) is 0 Å². The minimum absolute atomic E-state index is 0.231. The summed E-state index contributed by atoms with van der Waals surface area (Å²) in [5.74, 6) is 0.257. The number of rotatable bonds is 6. The van der Waals surface area contributed by atoms with Crippen LogP contribution in [0.25, 0.3) is 48.0 Å². The van der Waals surface area contributed by atoms with E-state index in [0.717, 1.165) is 28.3 Å². The predicted molar refractivity (Wildman–Crippen MR) is 219 cm³/mol. The van der Waals surface area contributed by atoms with Gasteiger partial charge in [0.25, 0.3) is 0 Å². The van der Waals surface area contributed by atoms with Gasteiger partial charge in [0.15, 0.2) is 0 Å². The summed E-state index contributed by atoms with van der Waals surface area (Å²) in [7, 11) is 0. The fourth-order valence-electron chi connectivity index (χ4n) is 8.28. The van der Waals surface area contributed by atoms with E-state index in [9.17, 15) is 0 Å². The SMILES string of the molecule is C=C/C=C1\C(=C)C2C=CC=C3c4cc(N(c5ccc(-c6ccccc6)cc5)c5ccc(-c6ccc7sc8ccccc8c7c6)cc5)ccc4N1C32. The van der Waals surface area contributed by atoms with Gasteiger partial charge >= 0.3 is 0 Å². The Balaban J connectivity index is 1.08. The maximum Gasteiger partial charge on any atom is 0.0702 e. The Morgan fingerprint density at radius 2 is 1.27 bits per heavy atom. The van der Waals surface area contributed by atoms with E-state index in [1.807, 2.05) is 17.4 Å². The second kappa shape index (κ2) is 11.7. The predicted octanol–water partition coefficient (Wildman–Crippen LogP) is 13.3. The van der Waals surface area contributed by atoms with Crippen LogP contribution < -0.4 is 9.80 Å². The number of hydrogen-bond acceptors (Lipinski definition) is 3. The topological polar surface area (TPSA) is 6.48 Å². The van der Waals surface area contributed by atoms with E-state index in [4.69, 9.17) is 0 Å². The summed E-state index contributed by atoms with van der Waals surface area (Å²) >= 11 is 1.86. The molecule has 3 heterocycles. The molecule has 0 spiro atoms. The molecule has 1 aromatic heterocycles. The minimum Gasteiger partial charge on any atom is -0.332 e. The molecule has 0 bridgehead atoms. The average molecular weight is 671 g/mol. The van der Waals surface area contributed by atoms with Gasteiger partial charge < -0.3 is 9.80 Å². The number of fused-ring (bicyclic) bond motifs is 6. The van der Waals surface area contributed by atoms with Crippen molar-refractivity contribution in [2.24, 2.45) is 5.92 Å². The summed E-state index contributed by atoms with van der Waals surface area (Å²) in [4.78, 5) is 4.85. The van der Waals surface area contributed by atoms with Crippen molar-refractivity contribution in [2.45, 2.75) is 6.04 Å². The molecule has 0 amide bonds. The molecule has 3 heteroatoms. The summed E-state index contributed by atoms with van der Waals surface area (Å²) in [5, 5.41) is 2.64. The Morgan fingerprint density at radius 3 is 2.04 bits per heavy atom. The zero-order valence-corrected chi connectivity index (χ0v) is 28.9. The zero-order valence-electron chi connectivity index (χ0n) is 28.0. The van der Waals surface area contributed by atoms with Crippen LogP contribution in [0.2, 0.25) is 0 Å². The molecular formula is C48H34N2S. The van der Waals surface area contributed by atoms with E-state index in [1.165, 1.54) is 59.3 Å². The molecule has 0 radical (unpaired) electrons. The van der Waals surface area contributed by atoms with Crippen LogP contribution in [0.15, 0.2) is 194 Å². The summed E-state index contributed by atoms with van der Waals surface area (Å²) in [6.07, 6.45) is 10.8. The summed E-state index contributed by atoms with van der Waals surface area (Å²) in [6.45, 7) is 8.50. The van der Waals surface area contributed by atoms with E-state index >= 15 is 0 Å².